The van der Waals surface area contributed by atoms with Crippen LogP contribution in [0.2, 0.25) is 0 Å². The zero-order valence-electron chi connectivity index (χ0n) is 8.63. The molecule has 15 heavy (non-hydrogen) atoms. The standard InChI is InChI=1S/C10H14N2O3/c1-6(8-3-4-11-10(8)15)9(14)5-12-7(2)13/h8H,1,3-5H2,2H3,(H,11,15)(H,12,13)/t8-/m0/s1. The van der Waals surface area contributed by atoms with Gasteiger partial charge in [0.25, 0.3) is 0 Å². The van der Waals surface area contributed by atoms with Crippen molar-refractivity contribution in [2.24, 2.45) is 5.92 Å². The fourth-order valence-corrected chi connectivity index (χ4v) is 1.44. The highest BCUT2D eigenvalue weighted by Gasteiger charge is 2.29. The zero-order valence-corrected chi connectivity index (χ0v) is 8.63. The smallest absolute Gasteiger partial charge is 0.227 e. The molecule has 1 fully saturated rings. The minimum Gasteiger partial charge on any atom is -0.356 e. The van der Waals surface area contributed by atoms with Gasteiger partial charge in [-0.2, -0.15) is 0 Å². The van der Waals surface area contributed by atoms with Crippen molar-refractivity contribution in [1.82, 2.24) is 10.6 Å². The molecule has 0 aromatic rings. The Morgan fingerprint density at radius 2 is 2.27 bits per heavy atom. The Labute approximate surface area is 87.9 Å². The van der Waals surface area contributed by atoms with E-state index >= 15 is 0 Å². The molecule has 1 aliphatic heterocycles. The van der Waals surface area contributed by atoms with E-state index in [0.29, 0.717) is 13.0 Å². The molecule has 1 heterocycles. The van der Waals surface area contributed by atoms with Crippen LogP contribution in [0.5, 0.6) is 0 Å². The van der Waals surface area contributed by atoms with Crippen molar-refractivity contribution in [2.45, 2.75) is 13.3 Å². The largest absolute Gasteiger partial charge is 0.356 e. The molecule has 0 spiro atoms. The van der Waals surface area contributed by atoms with Crippen LogP contribution >= 0.6 is 0 Å². The summed E-state index contributed by atoms with van der Waals surface area (Å²) in [4.78, 5) is 33.3. The van der Waals surface area contributed by atoms with E-state index in [0.717, 1.165) is 0 Å². The SMILES string of the molecule is C=C(C(=O)CNC(C)=O)[C@@H]1CCNC1=O. The van der Waals surface area contributed by atoms with Crippen LogP contribution in [0.4, 0.5) is 0 Å². The van der Waals surface area contributed by atoms with Crippen molar-refractivity contribution in [2.75, 3.05) is 13.1 Å². The van der Waals surface area contributed by atoms with E-state index in [1.165, 1.54) is 6.92 Å². The first-order valence-corrected chi connectivity index (χ1v) is 4.76. The summed E-state index contributed by atoms with van der Waals surface area (Å²) in [7, 11) is 0. The second kappa shape index (κ2) is 4.72. The number of rotatable bonds is 4. The summed E-state index contributed by atoms with van der Waals surface area (Å²) in [5.41, 5.74) is 0.277. The zero-order chi connectivity index (χ0) is 11.4. The van der Waals surface area contributed by atoms with Crippen molar-refractivity contribution < 1.29 is 14.4 Å². The number of hydrogen-bond donors (Lipinski definition) is 2. The molecule has 1 saturated heterocycles. The van der Waals surface area contributed by atoms with Gasteiger partial charge in [-0.15, -0.1) is 0 Å². The molecule has 0 unspecified atom stereocenters. The summed E-state index contributed by atoms with van der Waals surface area (Å²) < 4.78 is 0. The van der Waals surface area contributed by atoms with Gasteiger partial charge in [0, 0.05) is 19.0 Å². The van der Waals surface area contributed by atoms with Crippen LogP contribution in [0, 0.1) is 5.92 Å². The topological polar surface area (TPSA) is 75.3 Å². The number of carbonyl (C=O) groups excluding carboxylic acids is 3. The van der Waals surface area contributed by atoms with E-state index in [-0.39, 0.29) is 29.7 Å². The Balaban J connectivity index is 2.49. The molecule has 2 N–H and O–H groups in total. The van der Waals surface area contributed by atoms with Crippen LogP contribution in [-0.2, 0) is 14.4 Å². The lowest BCUT2D eigenvalue weighted by Gasteiger charge is -2.09. The fourth-order valence-electron chi connectivity index (χ4n) is 1.44. The lowest BCUT2D eigenvalue weighted by molar-refractivity contribution is -0.124. The Morgan fingerprint density at radius 1 is 1.60 bits per heavy atom. The van der Waals surface area contributed by atoms with Crippen LogP contribution in [0.1, 0.15) is 13.3 Å². The van der Waals surface area contributed by atoms with Gasteiger partial charge in [0.2, 0.25) is 11.8 Å². The Morgan fingerprint density at radius 3 is 2.73 bits per heavy atom. The molecule has 0 radical (unpaired) electrons. The van der Waals surface area contributed by atoms with E-state index in [1.54, 1.807) is 0 Å². The third-order valence-corrected chi connectivity index (χ3v) is 2.33. The molecule has 0 aliphatic carbocycles. The van der Waals surface area contributed by atoms with Crippen LogP contribution in [-0.4, -0.2) is 30.7 Å². The van der Waals surface area contributed by atoms with Gasteiger partial charge >= 0.3 is 0 Å². The summed E-state index contributed by atoms with van der Waals surface area (Å²) in [6.07, 6.45) is 0.601. The maximum absolute atomic E-state index is 11.5. The van der Waals surface area contributed by atoms with Gasteiger partial charge in [-0.1, -0.05) is 6.58 Å². The summed E-state index contributed by atoms with van der Waals surface area (Å²) in [6.45, 7) is 5.43. The minimum atomic E-state index is -0.425. The molecule has 1 atom stereocenters. The summed E-state index contributed by atoms with van der Waals surface area (Å²) in [5, 5.41) is 5.01. The number of carbonyl (C=O) groups is 3. The molecule has 1 aliphatic rings. The van der Waals surface area contributed by atoms with E-state index in [1.807, 2.05) is 0 Å². The van der Waals surface area contributed by atoms with Crippen molar-refractivity contribution >= 4 is 17.6 Å². The highest BCUT2D eigenvalue weighted by Crippen LogP contribution is 2.18. The number of nitrogens with one attached hydrogen (secondary N) is 2. The Kier molecular flexibility index (Phi) is 3.60. The monoisotopic (exact) mass is 210 g/mol. The molecular weight excluding hydrogens is 196 g/mol. The molecule has 0 saturated carbocycles. The van der Waals surface area contributed by atoms with Gasteiger partial charge in [-0.3, -0.25) is 14.4 Å². The molecule has 0 aromatic carbocycles. The molecule has 5 heteroatoms. The van der Waals surface area contributed by atoms with Crippen LogP contribution in [0.25, 0.3) is 0 Å². The third-order valence-electron chi connectivity index (χ3n) is 2.33. The summed E-state index contributed by atoms with van der Waals surface area (Å²) in [6, 6.07) is 0. The lowest BCUT2D eigenvalue weighted by atomic mass is 9.95. The van der Waals surface area contributed by atoms with Gasteiger partial charge in [0.15, 0.2) is 5.78 Å². The molecule has 0 aromatic heterocycles. The normalized spacial score (nSPS) is 19.5. The Hall–Kier alpha value is -1.65. The van der Waals surface area contributed by atoms with Gasteiger partial charge in [-0.05, 0) is 6.42 Å². The maximum Gasteiger partial charge on any atom is 0.227 e. The van der Waals surface area contributed by atoms with Crippen LogP contribution in [0.3, 0.4) is 0 Å². The number of ketones is 1. The molecule has 5 nitrogen and oxygen atoms in total. The van der Waals surface area contributed by atoms with Crippen LogP contribution < -0.4 is 10.6 Å². The summed E-state index contributed by atoms with van der Waals surface area (Å²) in [5.74, 6) is -1.14. The third kappa shape index (κ3) is 2.90. The van der Waals surface area contributed by atoms with E-state index in [4.69, 9.17) is 0 Å². The predicted octanol–water partition coefficient (Wildman–Crippen LogP) is -0.616. The van der Waals surface area contributed by atoms with E-state index < -0.39 is 5.92 Å². The molecular formula is C10H14N2O3. The van der Waals surface area contributed by atoms with Crippen LogP contribution in [0.15, 0.2) is 12.2 Å². The van der Waals surface area contributed by atoms with Crippen molar-refractivity contribution in [3.05, 3.63) is 12.2 Å². The van der Waals surface area contributed by atoms with Gasteiger partial charge in [0.1, 0.15) is 0 Å². The van der Waals surface area contributed by atoms with Gasteiger partial charge < -0.3 is 10.6 Å². The summed E-state index contributed by atoms with van der Waals surface area (Å²) >= 11 is 0. The molecule has 1 rings (SSSR count). The van der Waals surface area contributed by atoms with Gasteiger partial charge in [0.05, 0.1) is 12.5 Å². The quantitative estimate of drug-likeness (QED) is 0.607. The van der Waals surface area contributed by atoms with Crippen molar-refractivity contribution in [1.29, 1.82) is 0 Å². The Bertz CT molecular complexity index is 323. The second-order valence-corrected chi connectivity index (χ2v) is 3.49. The van der Waals surface area contributed by atoms with Crippen molar-refractivity contribution in [3.63, 3.8) is 0 Å². The minimum absolute atomic E-state index is 0.0854. The molecule has 82 valence electrons. The predicted molar refractivity (Wildman–Crippen MR) is 53.9 cm³/mol. The molecule has 2 amide bonds. The van der Waals surface area contributed by atoms with E-state index in [2.05, 4.69) is 17.2 Å². The first-order valence-electron chi connectivity index (χ1n) is 4.76. The molecule has 0 bridgehead atoms. The number of hydrogen-bond acceptors (Lipinski definition) is 3. The first kappa shape index (κ1) is 11.4. The highest BCUT2D eigenvalue weighted by molar-refractivity contribution is 6.03. The number of amides is 2. The first-order chi connectivity index (χ1) is 7.02. The lowest BCUT2D eigenvalue weighted by Crippen LogP contribution is -2.31. The highest BCUT2D eigenvalue weighted by atomic mass is 16.2. The van der Waals surface area contributed by atoms with Crippen molar-refractivity contribution in [3.8, 4) is 0 Å². The average Bonchev–Trinajstić information content (AvgIpc) is 2.59. The maximum atomic E-state index is 11.5. The van der Waals surface area contributed by atoms with E-state index in [9.17, 15) is 14.4 Å². The average molecular weight is 210 g/mol. The van der Waals surface area contributed by atoms with Gasteiger partial charge in [-0.25, -0.2) is 0 Å². The second-order valence-electron chi connectivity index (χ2n) is 3.49. The number of Topliss-reactive ketones (excluding diaryl/α,β-unsaturated/α-hetero) is 1. The fraction of sp³-hybridized carbons (Fsp3) is 0.500.